The molecule has 0 spiro atoms. The second-order valence-corrected chi connectivity index (χ2v) is 3.45. The fraction of sp³-hybridized carbons (Fsp3) is 0.222. The van der Waals surface area contributed by atoms with Crippen LogP contribution in [0, 0.1) is 5.82 Å². The summed E-state index contributed by atoms with van der Waals surface area (Å²) in [7, 11) is 0. The van der Waals surface area contributed by atoms with Gasteiger partial charge in [-0.15, -0.1) is 0 Å². The molecule has 0 aliphatic carbocycles. The van der Waals surface area contributed by atoms with E-state index in [0.717, 1.165) is 6.07 Å². The molecule has 2 aromatic rings. The van der Waals surface area contributed by atoms with E-state index in [0.29, 0.717) is 0 Å². The Morgan fingerprint density at radius 3 is 3.00 bits per heavy atom. The van der Waals surface area contributed by atoms with Crippen LogP contribution in [-0.4, -0.2) is 16.6 Å². The van der Waals surface area contributed by atoms with Crippen molar-refractivity contribution in [1.82, 2.24) is 4.98 Å². The number of halogens is 2. The van der Waals surface area contributed by atoms with Crippen LogP contribution >= 0.6 is 11.6 Å². The van der Waals surface area contributed by atoms with E-state index in [4.69, 9.17) is 21.8 Å². The molecule has 0 saturated heterocycles. The number of rotatable bonds is 2. The van der Waals surface area contributed by atoms with E-state index in [2.05, 4.69) is 4.98 Å². The fourth-order valence-electron chi connectivity index (χ4n) is 1.22. The zero-order valence-electron chi connectivity index (χ0n) is 7.58. The molecule has 0 radical (unpaired) electrons. The van der Waals surface area contributed by atoms with Crippen LogP contribution in [0.4, 0.5) is 4.39 Å². The van der Waals surface area contributed by atoms with Crippen LogP contribution < -0.4 is 5.73 Å². The largest absolute Gasteiger partial charge is 0.436 e. The van der Waals surface area contributed by atoms with E-state index in [1.165, 1.54) is 6.07 Å². The van der Waals surface area contributed by atoms with Crippen molar-refractivity contribution >= 4 is 22.7 Å². The first-order chi connectivity index (χ1) is 7.11. The predicted octanol–water partition coefficient (Wildman–Crippen LogP) is 1.61. The number of aromatic nitrogens is 1. The van der Waals surface area contributed by atoms with Gasteiger partial charge in [0.05, 0.1) is 5.02 Å². The molecule has 0 saturated carbocycles. The molecule has 0 aliphatic heterocycles. The van der Waals surface area contributed by atoms with Gasteiger partial charge in [0.25, 0.3) is 0 Å². The van der Waals surface area contributed by atoms with E-state index in [-0.39, 0.29) is 28.6 Å². The van der Waals surface area contributed by atoms with Gasteiger partial charge in [-0.1, -0.05) is 11.6 Å². The Bertz CT molecular complexity index is 500. The standard InChI is InChI=1S/C9H8ClFN2O2/c10-5-1-4(11)2-6-8(5)15-9(13-6)7(14)3-12/h1-2,7,14H,3,12H2. The van der Waals surface area contributed by atoms with Crippen molar-refractivity contribution in [2.45, 2.75) is 6.10 Å². The third-order valence-electron chi connectivity index (χ3n) is 1.93. The van der Waals surface area contributed by atoms with Crippen LogP contribution in [0.2, 0.25) is 5.02 Å². The van der Waals surface area contributed by atoms with Crippen LogP contribution in [0.25, 0.3) is 11.1 Å². The third kappa shape index (κ3) is 1.81. The molecule has 1 atom stereocenters. The zero-order chi connectivity index (χ0) is 11.0. The number of aliphatic hydroxyl groups is 1. The lowest BCUT2D eigenvalue weighted by molar-refractivity contribution is 0.154. The monoisotopic (exact) mass is 230 g/mol. The molecule has 3 N–H and O–H groups in total. The molecule has 6 heteroatoms. The number of aliphatic hydroxyl groups excluding tert-OH is 1. The second kappa shape index (κ2) is 3.77. The van der Waals surface area contributed by atoms with Crippen molar-refractivity contribution < 1.29 is 13.9 Å². The summed E-state index contributed by atoms with van der Waals surface area (Å²) in [4.78, 5) is 3.88. The van der Waals surface area contributed by atoms with Crippen LogP contribution in [0.15, 0.2) is 16.5 Å². The van der Waals surface area contributed by atoms with Crippen LogP contribution in [0.3, 0.4) is 0 Å². The fourth-order valence-corrected chi connectivity index (χ4v) is 1.46. The molecule has 4 nitrogen and oxygen atoms in total. The maximum absolute atomic E-state index is 12.9. The van der Waals surface area contributed by atoms with Crippen molar-refractivity contribution in [2.75, 3.05) is 6.54 Å². The molecule has 80 valence electrons. The Balaban J connectivity index is 2.60. The van der Waals surface area contributed by atoms with Crippen LogP contribution in [0.5, 0.6) is 0 Å². The van der Waals surface area contributed by atoms with Crippen LogP contribution in [0.1, 0.15) is 12.0 Å². The summed E-state index contributed by atoms with van der Waals surface area (Å²) >= 11 is 5.74. The lowest BCUT2D eigenvalue weighted by atomic mass is 10.3. The number of nitrogens with zero attached hydrogens (tertiary/aromatic N) is 1. The number of fused-ring (bicyclic) bond motifs is 1. The Labute approximate surface area is 89.5 Å². The number of oxazole rings is 1. The molecule has 1 aromatic heterocycles. The molecule has 0 fully saturated rings. The van der Waals surface area contributed by atoms with Crippen molar-refractivity contribution in [2.24, 2.45) is 5.73 Å². The normalized spacial score (nSPS) is 13.3. The lowest BCUT2D eigenvalue weighted by Crippen LogP contribution is -2.11. The molecule has 1 aromatic carbocycles. The number of nitrogens with two attached hydrogens (primary N) is 1. The molecular formula is C9H8ClFN2O2. The molecule has 15 heavy (non-hydrogen) atoms. The van der Waals surface area contributed by atoms with Gasteiger partial charge in [0, 0.05) is 12.6 Å². The van der Waals surface area contributed by atoms with Gasteiger partial charge in [-0.2, -0.15) is 0 Å². The van der Waals surface area contributed by atoms with E-state index in [1.54, 1.807) is 0 Å². The van der Waals surface area contributed by atoms with Gasteiger partial charge in [-0.25, -0.2) is 9.37 Å². The first-order valence-corrected chi connectivity index (χ1v) is 4.63. The molecule has 1 unspecified atom stereocenters. The van der Waals surface area contributed by atoms with Crippen LogP contribution in [-0.2, 0) is 0 Å². The summed E-state index contributed by atoms with van der Waals surface area (Å²) in [6.45, 7) is -0.0209. The van der Waals surface area contributed by atoms with Gasteiger partial charge in [0.2, 0.25) is 5.89 Å². The van der Waals surface area contributed by atoms with E-state index in [9.17, 15) is 9.50 Å². The minimum atomic E-state index is -1.00. The maximum Gasteiger partial charge on any atom is 0.225 e. The van der Waals surface area contributed by atoms with E-state index < -0.39 is 11.9 Å². The van der Waals surface area contributed by atoms with Gasteiger partial charge in [-0.3, -0.25) is 0 Å². The van der Waals surface area contributed by atoms with Gasteiger partial charge >= 0.3 is 0 Å². The van der Waals surface area contributed by atoms with E-state index >= 15 is 0 Å². The highest BCUT2D eigenvalue weighted by Crippen LogP contribution is 2.27. The highest BCUT2D eigenvalue weighted by atomic mass is 35.5. The average Bonchev–Trinajstić information content (AvgIpc) is 2.60. The van der Waals surface area contributed by atoms with Gasteiger partial charge < -0.3 is 15.3 Å². The SMILES string of the molecule is NCC(O)c1nc2cc(F)cc(Cl)c2o1. The highest BCUT2D eigenvalue weighted by molar-refractivity contribution is 6.34. The van der Waals surface area contributed by atoms with E-state index in [1.807, 2.05) is 0 Å². The van der Waals surface area contributed by atoms with Crippen molar-refractivity contribution in [1.29, 1.82) is 0 Å². The summed E-state index contributed by atoms with van der Waals surface area (Å²) < 4.78 is 18.1. The smallest absolute Gasteiger partial charge is 0.225 e. The first-order valence-electron chi connectivity index (χ1n) is 4.25. The maximum atomic E-state index is 12.9. The minimum Gasteiger partial charge on any atom is -0.436 e. The zero-order valence-corrected chi connectivity index (χ0v) is 8.33. The third-order valence-corrected chi connectivity index (χ3v) is 2.22. The van der Waals surface area contributed by atoms with Gasteiger partial charge in [0.15, 0.2) is 5.58 Å². The van der Waals surface area contributed by atoms with Crippen molar-refractivity contribution in [3.05, 3.63) is 28.9 Å². The number of benzene rings is 1. The topological polar surface area (TPSA) is 72.3 Å². The first kappa shape index (κ1) is 10.4. The molecule has 2 rings (SSSR count). The quantitative estimate of drug-likeness (QED) is 0.822. The minimum absolute atomic E-state index is 0.0209. The Morgan fingerprint density at radius 2 is 2.33 bits per heavy atom. The summed E-state index contributed by atoms with van der Waals surface area (Å²) in [6.07, 6.45) is -1.00. The predicted molar refractivity (Wildman–Crippen MR) is 53.0 cm³/mol. The van der Waals surface area contributed by atoms with Gasteiger partial charge in [0.1, 0.15) is 17.4 Å². The molecule has 0 amide bonds. The molecule has 1 heterocycles. The lowest BCUT2D eigenvalue weighted by Gasteiger charge is -1.99. The second-order valence-electron chi connectivity index (χ2n) is 3.04. The summed E-state index contributed by atoms with van der Waals surface area (Å²) in [5.74, 6) is -0.463. The number of hydrogen-bond donors (Lipinski definition) is 2. The Kier molecular flexibility index (Phi) is 2.60. The summed E-state index contributed by atoms with van der Waals surface area (Å²) in [5, 5.41) is 9.49. The molecule has 0 aliphatic rings. The summed E-state index contributed by atoms with van der Waals surface area (Å²) in [5.41, 5.74) is 5.75. The Morgan fingerprint density at radius 1 is 1.60 bits per heavy atom. The Hall–Kier alpha value is -1.17. The average molecular weight is 231 g/mol. The molecular weight excluding hydrogens is 223 g/mol. The summed E-state index contributed by atoms with van der Waals surface area (Å²) in [6, 6.07) is 2.30. The number of hydrogen-bond acceptors (Lipinski definition) is 4. The van der Waals surface area contributed by atoms with Crippen molar-refractivity contribution in [3.8, 4) is 0 Å². The highest BCUT2D eigenvalue weighted by Gasteiger charge is 2.16. The van der Waals surface area contributed by atoms with Gasteiger partial charge in [-0.05, 0) is 6.07 Å². The molecule has 0 bridgehead atoms. The van der Waals surface area contributed by atoms with Crippen molar-refractivity contribution in [3.63, 3.8) is 0 Å².